The summed E-state index contributed by atoms with van der Waals surface area (Å²) in [4.78, 5) is 43.5. The number of fused-ring (bicyclic) bond motifs is 1. The number of amides is 3. The van der Waals surface area contributed by atoms with Crippen molar-refractivity contribution in [3.8, 4) is 0 Å². The molecule has 4 aliphatic rings. The molecule has 0 saturated carbocycles. The summed E-state index contributed by atoms with van der Waals surface area (Å²) in [6.45, 7) is 0. The lowest BCUT2D eigenvalue weighted by atomic mass is 9.47. The number of anilines is 1. The lowest BCUT2D eigenvalue weighted by molar-refractivity contribution is -0.122. The highest BCUT2D eigenvalue weighted by atomic mass is 16.2. The van der Waals surface area contributed by atoms with Crippen LogP contribution in [0.4, 0.5) is 5.69 Å². The first kappa shape index (κ1) is 24.4. The molecule has 1 fully saturated rings. The average Bonchev–Trinajstić information content (AvgIpc) is 3.31. The molecule has 6 nitrogen and oxygen atoms in total. The second-order valence-electron chi connectivity index (χ2n) is 11.1. The van der Waals surface area contributed by atoms with Crippen LogP contribution in [0.15, 0.2) is 126 Å². The van der Waals surface area contributed by atoms with Crippen molar-refractivity contribution in [3.05, 3.63) is 149 Å². The minimum atomic E-state index is -1.05. The van der Waals surface area contributed by atoms with E-state index in [4.69, 9.17) is 0 Å². The summed E-state index contributed by atoms with van der Waals surface area (Å²) in [5.41, 5.74) is 6.60. The second kappa shape index (κ2) is 9.08. The lowest BCUT2D eigenvalue weighted by Gasteiger charge is -2.52. The first-order valence-corrected chi connectivity index (χ1v) is 14.1. The monoisotopic (exact) mass is 547 g/mol. The van der Waals surface area contributed by atoms with Crippen molar-refractivity contribution in [2.24, 2.45) is 16.9 Å². The van der Waals surface area contributed by atoms with Gasteiger partial charge >= 0.3 is 0 Å². The Kier molecular flexibility index (Phi) is 5.28. The third-order valence-corrected chi connectivity index (χ3v) is 9.16. The Bertz CT molecular complexity index is 1910. The van der Waals surface area contributed by atoms with E-state index in [0.29, 0.717) is 11.3 Å². The summed E-state index contributed by atoms with van der Waals surface area (Å²) in [5.74, 6) is -2.42. The highest BCUT2D eigenvalue weighted by Crippen LogP contribution is 2.63. The zero-order chi connectivity index (χ0) is 28.4. The van der Waals surface area contributed by atoms with Crippen molar-refractivity contribution in [2.75, 3.05) is 4.90 Å². The fourth-order valence-electron chi connectivity index (χ4n) is 7.54. The molecule has 5 aromatic carbocycles. The van der Waals surface area contributed by atoms with Gasteiger partial charge in [-0.2, -0.15) is 5.10 Å². The second-order valence-corrected chi connectivity index (χ2v) is 11.1. The topological polar surface area (TPSA) is 78.8 Å². The van der Waals surface area contributed by atoms with Gasteiger partial charge in [0.05, 0.1) is 22.9 Å². The molecule has 42 heavy (non-hydrogen) atoms. The van der Waals surface area contributed by atoms with E-state index in [1.54, 1.807) is 30.5 Å². The summed E-state index contributed by atoms with van der Waals surface area (Å²) in [6, 6.07) is 38.4. The molecule has 2 atom stereocenters. The van der Waals surface area contributed by atoms with E-state index < -0.39 is 17.3 Å². The maximum absolute atomic E-state index is 14.7. The molecule has 1 saturated heterocycles. The Balaban J connectivity index is 1.33. The van der Waals surface area contributed by atoms with Gasteiger partial charge in [0.1, 0.15) is 0 Å². The molecule has 3 amide bonds. The Morgan fingerprint density at radius 1 is 0.714 bits per heavy atom. The Morgan fingerprint density at radius 3 is 2.07 bits per heavy atom. The van der Waals surface area contributed by atoms with Crippen LogP contribution in [0.2, 0.25) is 0 Å². The largest absolute Gasteiger partial charge is 0.274 e. The van der Waals surface area contributed by atoms with Gasteiger partial charge in [0.2, 0.25) is 11.8 Å². The smallest absolute Gasteiger partial charge is 0.271 e. The number of nitrogens with one attached hydrogen (secondary N) is 1. The molecule has 1 N–H and O–H groups in total. The van der Waals surface area contributed by atoms with Crippen molar-refractivity contribution < 1.29 is 14.4 Å². The summed E-state index contributed by atoms with van der Waals surface area (Å²) in [6.07, 6.45) is 1.69. The van der Waals surface area contributed by atoms with Crippen LogP contribution in [-0.2, 0) is 15.0 Å². The van der Waals surface area contributed by atoms with Crippen LogP contribution >= 0.6 is 0 Å². The Hall–Kier alpha value is -5.36. The zero-order valence-corrected chi connectivity index (χ0v) is 22.5. The number of hydrogen-bond acceptors (Lipinski definition) is 4. The minimum Gasteiger partial charge on any atom is -0.274 e. The Labute approximate surface area is 242 Å². The van der Waals surface area contributed by atoms with Gasteiger partial charge < -0.3 is 0 Å². The van der Waals surface area contributed by atoms with E-state index in [0.717, 1.165) is 33.0 Å². The molecule has 0 radical (unpaired) electrons. The number of rotatable bonds is 4. The maximum Gasteiger partial charge on any atom is 0.271 e. The quantitative estimate of drug-likeness (QED) is 0.175. The van der Waals surface area contributed by atoms with E-state index >= 15 is 0 Å². The summed E-state index contributed by atoms with van der Waals surface area (Å²) in [5, 5.41) is 6.30. The van der Waals surface area contributed by atoms with E-state index in [-0.39, 0.29) is 23.6 Å². The molecule has 9 rings (SSSR count). The summed E-state index contributed by atoms with van der Waals surface area (Å²) >= 11 is 0. The molecular formula is C36H25N3O3. The predicted octanol–water partition coefficient (Wildman–Crippen LogP) is 5.81. The Morgan fingerprint density at radius 2 is 1.33 bits per heavy atom. The van der Waals surface area contributed by atoms with Gasteiger partial charge in [-0.25, -0.2) is 10.3 Å². The van der Waals surface area contributed by atoms with Crippen molar-refractivity contribution in [3.63, 3.8) is 0 Å². The number of carbonyl (C=O) groups excluding carboxylic acids is 3. The SMILES string of the molecule is O=C(N/N=C\C12c3ccccc3C(c3ccccc31)[C@H]1C(=O)N(c3cccc4ccccc34)C(=O)[C@@H]12)c1ccccc1. The van der Waals surface area contributed by atoms with E-state index in [1.807, 2.05) is 84.9 Å². The van der Waals surface area contributed by atoms with Crippen molar-refractivity contribution in [2.45, 2.75) is 11.3 Å². The highest BCUT2D eigenvalue weighted by Gasteiger charge is 2.68. The predicted molar refractivity (Wildman–Crippen MR) is 161 cm³/mol. The van der Waals surface area contributed by atoms with Crippen molar-refractivity contribution in [1.29, 1.82) is 0 Å². The molecule has 3 aliphatic carbocycles. The fourth-order valence-corrected chi connectivity index (χ4v) is 7.54. The molecule has 2 bridgehead atoms. The number of nitrogens with zero attached hydrogens (tertiary/aromatic N) is 2. The summed E-state index contributed by atoms with van der Waals surface area (Å²) < 4.78 is 0. The molecule has 202 valence electrons. The van der Waals surface area contributed by atoms with Gasteiger partial charge in [-0.05, 0) is 45.8 Å². The molecule has 1 heterocycles. The molecule has 1 aliphatic heterocycles. The number of carbonyl (C=O) groups is 3. The van der Waals surface area contributed by atoms with Gasteiger partial charge in [-0.3, -0.25) is 14.4 Å². The van der Waals surface area contributed by atoms with Crippen molar-refractivity contribution in [1.82, 2.24) is 5.43 Å². The molecule has 0 unspecified atom stereocenters. The van der Waals surface area contributed by atoms with E-state index in [1.165, 1.54) is 4.90 Å². The first-order chi connectivity index (χ1) is 20.6. The van der Waals surface area contributed by atoms with Crippen LogP contribution in [0, 0.1) is 11.8 Å². The van der Waals surface area contributed by atoms with Crippen molar-refractivity contribution >= 4 is 40.4 Å². The highest BCUT2D eigenvalue weighted by molar-refractivity contribution is 6.27. The standard InChI is InChI=1S/C36H25N3O3/c40-33(23-12-2-1-3-13-23)38-37-21-36-27-18-8-6-16-25(27)30(26-17-7-9-19-28(26)36)31-32(36)35(42)39(34(31)41)29-20-10-14-22-11-4-5-15-24(22)29/h1-21,30-32H,(H,38,40)/b37-21-/t30?,31-,32-,36?/m1/s1. The van der Waals surface area contributed by atoms with Crippen LogP contribution in [-0.4, -0.2) is 23.9 Å². The van der Waals surface area contributed by atoms with Gasteiger partial charge in [0, 0.05) is 23.1 Å². The minimum absolute atomic E-state index is 0.207. The number of imide groups is 1. The number of benzene rings is 5. The lowest BCUT2D eigenvalue weighted by Crippen LogP contribution is -2.54. The third-order valence-electron chi connectivity index (χ3n) is 9.16. The van der Waals surface area contributed by atoms with Gasteiger partial charge in [0.25, 0.3) is 5.91 Å². The van der Waals surface area contributed by atoms with E-state index in [9.17, 15) is 14.4 Å². The average molecular weight is 548 g/mol. The van der Waals surface area contributed by atoms with E-state index in [2.05, 4.69) is 22.7 Å². The number of hydrazone groups is 1. The van der Waals surface area contributed by atoms with Gasteiger partial charge in [-0.15, -0.1) is 0 Å². The van der Waals surface area contributed by atoms with Crippen LogP contribution < -0.4 is 10.3 Å². The third kappa shape index (κ3) is 3.20. The summed E-state index contributed by atoms with van der Waals surface area (Å²) in [7, 11) is 0. The molecule has 5 aromatic rings. The number of hydrogen-bond donors (Lipinski definition) is 1. The van der Waals surface area contributed by atoms with Crippen LogP contribution in [0.3, 0.4) is 0 Å². The maximum atomic E-state index is 14.7. The first-order valence-electron chi connectivity index (χ1n) is 14.1. The normalized spacial score (nSPS) is 23.6. The molecule has 6 heteroatoms. The van der Waals surface area contributed by atoms with Gasteiger partial charge in [-0.1, -0.05) is 103 Å². The van der Waals surface area contributed by atoms with Crippen LogP contribution in [0.5, 0.6) is 0 Å². The van der Waals surface area contributed by atoms with Crippen LogP contribution in [0.25, 0.3) is 10.8 Å². The molecular weight excluding hydrogens is 522 g/mol. The zero-order valence-electron chi connectivity index (χ0n) is 22.5. The van der Waals surface area contributed by atoms with Crippen LogP contribution in [0.1, 0.15) is 38.5 Å². The van der Waals surface area contributed by atoms with Gasteiger partial charge in [0.15, 0.2) is 0 Å². The molecule has 0 aromatic heterocycles. The molecule has 0 spiro atoms. The fraction of sp³-hybridized carbons (Fsp3) is 0.111.